The number of hydrogen-bond acceptors (Lipinski definition) is 3. The monoisotopic (exact) mass is 267 g/mol. The largest absolute Gasteiger partial charge is 0.362 e. The van der Waals surface area contributed by atoms with Gasteiger partial charge in [-0.15, -0.1) is 10.2 Å². The third kappa shape index (κ3) is 3.32. The van der Waals surface area contributed by atoms with Crippen LogP contribution in [-0.4, -0.2) is 10.2 Å². The van der Waals surface area contributed by atoms with Gasteiger partial charge in [0.1, 0.15) is 5.82 Å². The highest BCUT2D eigenvalue weighted by Crippen LogP contribution is 2.20. The van der Waals surface area contributed by atoms with Gasteiger partial charge in [-0.3, -0.25) is 0 Å². The van der Waals surface area contributed by atoms with Gasteiger partial charge in [0.2, 0.25) is 0 Å². The molecule has 0 radical (unpaired) electrons. The SMILES string of the molecule is CC(Nc1ccc(Cl)nn1)c1cccc(Cl)c1. The minimum absolute atomic E-state index is 0.101. The second kappa shape index (κ2) is 5.34. The van der Waals surface area contributed by atoms with E-state index in [0.29, 0.717) is 11.0 Å². The summed E-state index contributed by atoms with van der Waals surface area (Å²) in [5.41, 5.74) is 1.09. The predicted octanol–water partition coefficient (Wildman–Crippen LogP) is 3.96. The summed E-state index contributed by atoms with van der Waals surface area (Å²) in [5, 5.41) is 12.0. The van der Waals surface area contributed by atoms with Crippen LogP contribution in [0.5, 0.6) is 0 Å². The van der Waals surface area contributed by atoms with Gasteiger partial charge in [0.25, 0.3) is 0 Å². The molecule has 0 saturated carbocycles. The van der Waals surface area contributed by atoms with Crippen LogP contribution in [0.15, 0.2) is 36.4 Å². The Bertz CT molecular complexity index is 499. The lowest BCUT2D eigenvalue weighted by Crippen LogP contribution is -2.08. The van der Waals surface area contributed by atoms with Gasteiger partial charge < -0.3 is 5.32 Å². The Balaban J connectivity index is 2.11. The van der Waals surface area contributed by atoms with E-state index < -0.39 is 0 Å². The Labute approximate surface area is 110 Å². The maximum Gasteiger partial charge on any atom is 0.151 e. The Hall–Kier alpha value is -1.32. The molecule has 0 saturated heterocycles. The summed E-state index contributed by atoms with van der Waals surface area (Å²) in [6, 6.07) is 11.3. The minimum atomic E-state index is 0.101. The summed E-state index contributed by atoms with van der Waals surface area (Å²) in [4.78, 5) is 0. The lowest BCUT2D eigenvalue weighted by molar-refractivity contribution is 0.861. The Morgan fingerprint density at radius 2 is 1.94 bits per heavy atom. The van der Waals surface area contributed by atoms with Crippen LogP contribution in [-0.2, 0) is 0 Å². The molecule has 17 heavy (non-hydrogen) atoms. The molecule has 0 aliphatic heterocycles. The number of aromatic nitrogens is 2. The highest BCUT2D eigenvalue weighted by atomic mass is 35.5. The van der Waals surface area contributed by atoms with E-state index in [4.69, 9.17) is 23.2 Å². The van der Waals surface area contributed by atoms with Crippen molar-refractivity contribution in [1.82, 2.24) is 10.2 Å². The molecule has 2 rings (SSSR count). The van der Waals surface area contributed by atoms with Crippen LogP contribution in [0.2, 0.25) is 10.2 Å². The van der Waals surface area contributed by atoms with Crippen LogP contribution < -0.4 is 5.32 Å². The molecule has 0 amide bonds. The zero-order valence-electron chi connectivity index (χ0n) is 9.19. The van der Waals surface area contributed by atoms with Crippen LogP contribution in [0.25, 0.3) is 0 Å². The highest BCUT2D eigenvalue weighted by Gasteiger charge is 2.06. The van der Waals surface area contributed by atoms with Gasteiger partial charge in [-0.1, -0.05) is 35.3 Å². The van der Waals surface area contributed by atoms with E-state index in [9.17, 15) is 0 Å². The summed E-state index contributed by atoms with van der Waals surface area (Å²) in [6.07, 6.45) is 0. The average molecular weight is 268 g/mol. The molecule has 3 nitrogen and oxygen atoms in total. The number of anilines is 1. The first-order chi connectivity index (χ1) is 8.15. The van der Waals surface area contributed by atoms with Gasteiger partial charge >= 0.3 is 0 Å². The molecule has 1 atom stereocenters. The molecule has 0 bridgehead atoms. The average Bonchev–Trinajstić information content (AvgIpc) is 2.32. The van der Waals surface area contributed by atoms with Gasteiger partial charge in [0.05, 0.1) is 6.04 Å². The number of benzene rings is 1. The van der Waals surface area contributed by atoms with Crippen molar-refractivity contribution in [2.45, 2.75) is 13.0 Å². The quantitative estimate of drug-likeness (QED) is 0.915. The van der Waals surface area contributed by atoms with Crippen molar-refractivity contribution in [3.63, 3.8) is 0 Å². The van der Waals surface area contributed by atoms with Crippen molar-refractivity contribution < 1.29 is 0 Å². The zero-order chi connectivity index (χ0) is 12.3. The molecule has 5 heteroatoms. The van der Waals surface area contributed by atoms with Gasteiger partial charge in [0.15, 0.2) is 5.15 Å². The molecule has 1 N–H and O–H groups in total. The van der Waals surface area contributed by atoms with E-state index in [2.05, 4.69) is 15.5 Å². The summed E-state index contributed by atoms with van der Waals surface area (Å²) < 4.78 is 0. The molecular formula is C12H11Cl2N3. The normalized spacial score (nSPS) is 12.2. The second-order valence-electron chi connectivity index (χ2n) is 3.66. The molecule has 0 fully saturated rings. The predicted molar refractivity (Wildman–Crippen MR) is 70.5 cm³/mol. The lowest BCUT2D eigenvalue weighted by Gasteiger charge is -2.14. The van der Waals surface area contributed by atoms with Gasteiger partial charge in [-0.05, 0) is 36.8 Å². The minimum Gasteiger partial charge on any atom is -0.362 e. The smallest absolute Gasteiger partial charge is 0.151 e. The Morgan fingerprint density at radius 1 is 1.12 bits per heavy atom. The second-order valence-corrected chi connectivity index (χ2v) is 4.49. The molecule has 1 unspecified atom stereocenters. The van der Waals surface area contributed by atoms with Crippen molar-refractivity contribution in [3.8, 4) is 0 Å². The van der Waals surface area contributed by atoms with Crippen LogP contribution >= 0.6 is 23.2 Å². The Kier molecular flexibility index (Phi) is 3.82. The maximum atomic E-state index is 5.94. The first kappa shape index (κ1) is 12.1. The molecule has 0 spiro atoms. The Morgan fingerprint density at radius 3 is 2.59 bits per heavy atom. The standard InChI is InChI=1S/C12H11Cl2N3/c1-8(9-3-2-4-10(13)7-9)15-12-6-5-11(14)16-17-12/h2-8H,1H3,(H,15,17). The molecule has 1 aromatic heterocycles. The van der Waals surface area contributed by atoms with Crippen molar-refractivity contribution >= 4 is 29.0 Å². The fourth-order valence-electron chi connectivity index (χ4n) is 1.47. The van der Waals surface area contributed by atoms with E-state index in [1.54, 1.807) is 12.1 Å². The molecule has 1 aromatic carbocycles. The fraction of sp³-hybridized carbons (Fsp3) is 0.167. The number of hydrogen-bond donors (Lipinski definition) is 1. The molecule has 2 aromatic rings. The zero-order valence-corrected chi connectivity index (χ0v) is 10.7. The topological polar surface area (TPSA) is 37.8 Å². The summed E-state index contributed by atoms with van der Waals surface area (Å²) in [6.45, 7) is 2.03. The highest BCUT2D eigenvalue weighted by molar-refractivity contribution is 6.30. The molecule has 0 aliphatic carbocycles. The number of rotatable bonds is 3. The number of halogens is 2. The van der Waals surface area contributed by atoms with Crippen LogP contribution in [0, 0.1) is 0 Å². The molecular weight excluding hydrogens is 257 g/mol. The third-order valence-corrected chi connectivity index (χ3v) is 2.78. The van der Waals surface area contributed by atoms with Crippen LogP contribution in [0.1, 0.15) is 18.5 Å². The van der Waals surface area contributed by atoms with Gasteiger partial charge in [-0.25, -0.2) is 0 Å². The van der Waals surface area contributed by atoms with Crippen molar-refractivity contribution in [2.75, 3.05) is 5.32 Å². The van der Waals surface area contributed by atoms with E-state index >= 15 is 0 Å². The van der Waals surface area contributed by atoms with E-state index in [1.165, 1.54) is 0 Å². The summed E-state index contributed by atoms with van der Waals surface area (Å²) in [7, 11) is 0. The van der Waals surface area contributed by atoms with Gasteiger partial charge in [0, 0.05) is 5.02 Å². The summed E-state index contributed by atoms with van der Waals surface area (Å²) >= 11 is 11.6. The third-order valence-electron chi connectivity index (χ3n) is 2.35. The number of nitrogens with one attached hydrogen (secondary N) is 1. The van der Waals surface area contributed by atoms with Crippen LogP contribution in [0.4, 0.5) is 5.82 Å². The van der Waals surface area contributed by atoms with E-state index in [0.717, 1.165) is 10.6 Å². The molecule has 0 aliphatic rings. The first-order valence-electron chi connectivity index (χ1n) is 5.16. The van der Waals surface area contributed by atoms with Crippen molar-refractivity contribution in [2.24, 2.45) is 0 Å². The van der Waals surface area contributed by atoms with E-state index in [-0.39, 0.29) is 6.04 Å². The number of nitrogens with zero attached hydrogens (tertiary/aromatic N) is 2. The summed E-state index contributed by atoms with van der Waals surface area (Å²) in [5.74, 6) is 0.682. The van der Waals surface area contributed by atoms with E-state index in [1.807, 2.05) is 31.2 Å². The van der Waals surface area contributed by atoms with Crippen molar-refractivity contribution in [3.05, 3.63) is 52.1 Å². The lowest BCUT2D eigenvalue weighted by atomic mass is 10.1. The van der Waals surface area contributed by atoms with Crippen LogP contribution in [0.3, 0.4) is 0 Å². The van der Waals surface area contributed by atoms with Crippen molar-refractivity contribution in [1.29, 1.82) is 0 Å². The first-order valence-corrected chi connectivity index (χ1v) is 5.92. The fourth-order valence-corrected chi connectivity index (χ4v) is 1.77. The molecule has 1 heterocycles. The molecule has 88 valence electrons. The maximum absolute atomic E-state index is 5.94. The van der Waals surface area contributed by atoms with Gasteiger partial charge in [-0.2, -0.15) is 0 Å².